The summed E-state index contributed by atoms with van der Waals surface area (Å²) in [4.78, 5) is 13.6. The fraction of sp³-hybridized carbons (Fsp3) is 0.438. The zero-order valence-corrected chi connectivity index (χ0v) is 12.9. The van der Waals surface area contributed by atoms with Crippen LogP contribution in [0.1, 0.15) is 45.6 Å². The molecular weight excluding hydrogens is 286 g/mol. The van der Waals surface area contributed by atoms with Crippen molar-refractivity contribution < 1.29 is 14.3 Å². The molecule has 3 rings (SSSR count). The van der Waals surface area contributed by atoms with E-state index in [-0.39, 0.29) is 18.1 Å². The standard InChI is InChI=1S/C16H19NO3S/c1-9-6-13(10(2)20-9)16(19)17-15(11-7-12(18)8-11)14-4-3-5-21-14/h3-6,11-12,15,18H,7-8H2,1-2H3,(H,17,19). The van der Waals surface area contributed by atoms with Gasteiger partial charge in [-0.25, -0.2) is 0 Å². The molecule has 2 N–H and O–H groups in total. The van der Waals surface area contributed by atoms with Gasteiger partial charge in [0.05, 0.1) is 17.7 Å². The molecule has 112 valence electrons. The second kappa shape index (κ2) is 5.66. The van der Waals surface area contributed by atoms with Crippen molar-refractivity contribution in [2.24, 2.45) is 5.92 Å². The van der Waals surface area contributed by atoms with Crippen molar-refractivity contribution in [3.05, 3.63) is 45.5 Å². The summed E-state index contributed by atoms with van der Waals surface area (Å²) in [5.41, 5.74) is 0.592. The Bertz CT molecular complexity index is 626. The van der Waals surface area contributed by atoms with Crippen LogP contribution >= 0.6 is 11.3 Å². The molecule has 2 aromatic rings. The van der Waals surface area contributed by atoms with Crippen molar-refractivity contribution in [1.82, 2.24) is 5.32 Å². The fourth-order valence-corrected chi connectivity index (χ4v) is 3.74. The number of amides is 1. The number of carbonyl (C=O) groups excluding carboxylic acids is 1. The van der Waals surface area contributed by atoms with Crippen LogP contribution < -0.4 is 5.32 Å². The third-order valence-electron chi connectivity index (χ3n) is 4.04. The van der Waals surface area contributed by atoms with E-state index >= 15 is 0 Å². The number of nitrogens with one attached hydrogen (secondary N) is 1. The van der Waals surface area contributed by atoms with Crippen molar-refractivity contribution in [1.29, 1.82) is 0 Å². The minimum Gasteiger partial charge on any atom is -0.466 e. The van der Waals surface area contributed by atoms with Gasteiger partial charge in [0.25, 0.3) is 5.91 Å². The highest BCUT2D eigenvalue weighted by atomic mass is 32.1. The topological polar surface area (TPSA) is 62.5 Å². The van der Waals surface area contributed by atoms with Crippen molar-refractivity contribution in [3.8, 4) is 0 Å². The minimum absolute atomic E-state index is 0.0319. The predicted octanol–water partition coefficient (Wildman–Crippen LogP) is 3.20. The number of thiophene rings is 1. The Labute approximate surface area is 127 Å². The van der Waals surface area contributed by atoms with E-state index in [0.29, 0.717) is 17.2 Å². The summed E-state index contributed by atoms with van der Waals surface area (Å²) in [6.45, 7) is 3.64. The van der Waals surface area contributed by atoms with Crippen LogP contribution in [-0.2, 0) is 0 Å². The lowest BCUT2D eigenvalue weighted by Gasteiger charge is -2.37. The van der Waals surface area contributed by atoms with Crippen LogP contribution in [0.2, 0.25) is 0 Å². The quantitative estimate of drug-likeness (QED) is 0.912. The molecule has 0 aliphatic heterocycles. The molecule has 1 amide bonds. The third kappa shape index (κ3) is 2.89. The molecule has 1 saturated carbocycles. The molecule has 1 unspecified atom stereocenters. The predicted molar refractivity (Wildman–Crippen MR) is 81.4 cm³/mol. The van der Waals surface area contributed by atoms with Gasteiger partial charge < -0.3 is 14.8 Å². The van der Waals surface area contributed by atoms with Crippen LogP contribution in [0.5, 0.6) is 0 Å². The molecule has 4 nitrogen and oxygen atoms in total. The van der Waals surface area contributed by atoms with Crippen LogP contribution in [-0.4, -0.2) is 17.1 Å². The summed E-state index contributed by atoms with van der Waals surface area (Å²) in [5.74, 6) is 1.58. The van der Waals surface area contributed by atoms with Gasteiger partial charge in [-0.3, -0.25) is 4.79 Å². The second-order valence-electron chi connectivity index (χ2n) is 5.68. The Kier molecular flexibility index (Phi) is 3.87. The van der Waals surface area contributed by atoms with Gasteiger partial charge >= 0.3 is 0 Å². The van der Waals surface area contributed by atoms with E-state index in [1.54, 1.807) is 24.3 Å². The number of furan rings is 1. The SMILES string of the molecule is Cc1cc(C(=O)NC(c2cccs2)C2CC(O)C2)c(C)o1. The molecule has 0 aromatic carbocycles. The van der Waals surface area contributed by atoms with E-state index in [2.05, 4.69) is 5.32 Å². The molecule has 1 aliphatic rings. The number of hydrogen-bond donors (Lipinski definition) is 2. The normalized spacial score (nSPS) is 22.6. The van der Waals surface area contributed by atoms with E-state index in [1.807, 2.05) is 24.4 Å². The van der Waals surface area contributed by atoms with Gasteiger partial charge in [-0.05, 0) is 50.1 Å². The molecule has 2 aromatic heterocycles. The van der Waals surface area contributed by atoms with Crippen LogP contribution in [0.3, 0.4) is 0 Å². The van der Waals surface area contributed by atoms with Crippen molar-refractivity contribution in [2.75, 3.05) is 0 Å². The lowest BCUT2D eigenvalue weighted by molar-refractivity contribution is 0.0241. The van der Waals surface area contributed by atoms with Gasteiger partial charge in [0, 0.05) is 4.88 Å². The molecule has 21 heavy (non-hydrogen) atoms. The molecule has 2 heterocycles. The Balaban J connectivity index is 1.78. The maximum atomic E-state index is 12.5. The Morgan fingerprint density at radius 1 is 1.48 bits per heavy atom. The van der Waals surface area contributed by atoms with Crippen molar-refractivity contribution >= 4 is 17.2 Å². The van der Waals surface area contributed by atoms with Crippen molar-refractivity contribution in [2.45, 2.75) is 38.8 Å². The lowest BCUT2D eigenvalue weighted by Crippen LogP contribution is -2.41. The Morgan fingerprint density at radius 3 is 2.76 bits per heavy atom. The molecule has 0 bridgehead atoms. The summed E-state index contributed by atoms with van der Waals surface area (Å²) < 4.78 is 5.43. The highest BCUT2D eigenvalue weighted by Gasteiger charge is 2.36. The van der Waals surface area contributed by atoms with Crippen LogP contribution in [0.25, 0.3) is 0 Å². The number of rotatable bonds is 4. The first-order chi connectivity index (χ1) is 10.0. The molecule has 1 aliphatic carbocycles. The lowest BCUT2D eigenvalue weighted by atomic mass is 9.76. The summed E-state index contributed by atoms with van der Waals surface area (Å²) in [7, 11) is 0. The molecule has 0 radical (unpaired) electrons. The highest BCUT2D eigenvalue weighted by Crippen LogP contribution is 2.39. The molecule has 1 atom stereocenters. The summed E-state index contributed by atoms with van der Waals surface area (Å²) in [5, 5.41) is 14.7. The average molecular weight is 305 g/mol. The third-order valence-corrected chi connectivity index (χ3v) is 5.00. The maximum Gasteiger partial charge on any atom is 0.255 e. The van der Waals surface area contributed by atoms with Gasteiger partial charge in [0.2, 0.25) is 0 Å². The summed E-state index contributed by atoms with van der Waals surface area (Å²) in [6, 6.07) is 5.76. The zero-order valence-electron chi connectivity index (χ0n) is 12.1. The molecular formula is C16H19NO3S. The highest BCUT2D eigenvalue weighted by molar-refractivity contribution is 7.10. The second-order valence-corrected chi connectivity index (χ2v) is 6.66. The van der Waals surface area contributed by atoms with Crippen LogP contribution in [0.4, 0.5) is 0 Å². The van der Waals surface area contributed by atoms with Crippen molar-refractivity contribution in [3.63, 3.8) is 0 Å². The summed E-state index contributed by atoms with van der Waals surface area (Å²) >= 11 is 1.64. The summed E-state index contributed by atoms with van der Waals surface area (Å²) in [6.07, 6.45) is 1.26. The van der Waals surface area contributed by atoms with E-state index in [4.69, 9.17) is 4.42 Å². The Hall–Kier alpha value is -1.59. The zero-order chi connectivity index (χ0) is 15.0. The number of aryl methyl sites for hydroxylation is 2. The number of aliphatic hydroxyl groups excluding tert-OH is 1. The van der Waals surface area contributed by atoms with Gasteiger partial charge in [0.15, 0.2) is 0 Å². The number of carbonyl (C=O) groups is 1. The molecule has 0 spiro atoms. The Morgan fingerprint density at radius 2 is 2.24 bits per heavy atom. The van der Waals surface area contributed by atoms with E-state index < -0.39 is 0 Å². The first kappa shape index (κ1) is 14.4. The van der Waals surface area contributed by atoms with Gasteiger partial charge in [-0.2, -0.15) is 0 Å². The van der Waals surface area contributed by atoms with Gasteiger partial charge in [0.1, 0.15) is 11.5 Å². The maximum absolute atomic E-state index is 12.5. The van der Waals surface area contributed by atoms with Crippen LogP contribution in [0, 0.1) is 19.8 Å². The number of hydrogen-bond acceptors (Lipinski definition) is 4. The monoisotopic (exact) mass is 305 g/mol. The van der Waals surface area contributed by atoms with E-state index in [9.17, 15) is 9.90 Å². The van der Waals surface area contributed by atoms with Crippen LogP contribution in [0.15, 0.2) is 28.0 Å². The van der Waals surface area contributed by atoms with E-state index in [0.717, 1.165) is 23.5 Å². The molecule has 1 fully saturated rings. The first-order valence-corrected chi connectivity index (χ1v) is 8.02. The van der Waals surface area contributed by atoms with E-state index in [1.165, 1.54) is 0 Å². The minimum atomic E-state index is -0.229. The smallest absolute Gasteiger partial charge is 0.255 e. The molecule has 0 saturated heterocycles. The van der Waals surface area contributed by atoms with Gasteiger partial charge in [-0.1, -0.05) is 6.07 Å². The first-order valence-electron chi connectivity index (χ1n) is 7.14. The average Bonchev–Trinajstić information content (AvgIpc) is 3.02. The number of aliphatic hydroxyl groups is 1. The largest absolute Gasteiger partial charge is 0.466 e. The fourth-order valence-electron chi connectivity index (χ4n) is 2.87. The van der Waals surface area contributed by atoms with Gasteiger partial charge in [-0.15, -0.1) is 11.3 Å². The molecule has 5 heteroatoms.